The smallest absolute Gasteiger partial charge is 0.0992 e. The average Bonchev–Trinajstić information content (AvgIpc) is 2.30. The Morgan fingerprint density at radius 2 is 2.25 bits per heavy atom. The molecule has 1 aliphatic rings. The molecule has 0 saturated heterocycles. The largest absolute Gasteiger partial charge is 0.366 e. The Balaban J connectivity index is 2.25. The summed E-state index contributed by atoms with van der Waals surface area (Å²) in [5.41, 5.74) is 3.06. The molecule has 0 atom stereocenters. The highest BCUT2D eigenvalue weighted by molar-refractivity contribution is 6.33. The van der Waals surface area contributed by atoms with Crippen LogP contribution in [0.2, 0.25) is 5.02 Å². The third-order valence-corrected chi connectivity index (χ3v) is 3.16. The van der Waals surface area contributed by atoms with Gasteiger partial charge in [-0.2, -0.15) is 5.26 Å². The molecule has 0 bridgehead atoms. The molecule has 16 heavy (non-hydrogen) atoms. The van der Waals surface area contributed by atoms with E-state index in [9.17, 15) is 0 Å². The van der Waals surface area contributed by atoms with Gasteiger partial charge in [0.1, 0.15) is 0 Å². The van der Waals surface area contributed by atoms with Crippen molar-refractivity contribution < 1.29 is 0 Å². The number of nitrogens with zero attached hydrogens (tertiary/aromatic N) is 2. The summed E-state index contributed by atoms with van der Waals surface area (Å²) in [6.45, 7) is 4.04. The Morgan fingerprint density at radius 3 is 2.81 bits per heavy atom. The number of hydrogen-bond acceptors (Lipinski definition) is 2. The predicted octanol–water partition coefficient (Wildman–Crippen LogP) is 3.37. The molecular weight excluding hydrogens is 220 g/mol. The standard InChI is InChI=1S/C13H13ClN2/c1-10-4-6-16(7-5-10)13-3-2-11(9-15)8-12(13)14/h2-4,8H,5-7H2,1H3. The molecule has 3 heteroatoms. The molecule has 0 N–H and O–H groups in total. The number of benzene rings is 1. The maximum absolute atomic E-state index is 8.77. The summed E-state index contributed by atoms with van der Waals surface area (Å²) in [5, 5.41) is 9.43. The van der Waals surface area contributed by atoms with Gasteiger partial charge in [0.2, 0.25) is 0 Å². The highest BCUT2D eigenvalue weighted by Gasteiger charge is 2.13. The van der Waals surface area contributed by atoms with Crippen LogP contribution in [-0.2, 0) is 0 Å². The van der Waals surface area contributed by atoms with Gasteiger partial charge in [-0.05, 0) is 31.5 Å². The Bertz CT molecular complexity index is 471. The van der Waals surface area contributed by atoms with Crippen molar-refractivity contribution >= 4 is 17.3 Å². The van der Waals surface area contributed by atoms with Gasteiger partial charge in [-0.25, -0.2) is 0 Å². The van der Waals surface area contributed by atoms with E-state index in [1.165, 1.54) is 5.57 Å². The van der Waals surface area contributed by atoms with Crippen molar-refractivity contribution in [2.45, 2.75) is 13.3 Å². The van der Waals surface area contributed by atoms with E-state index in [4.69, 9.17) is 16.9 Å². The minimum atomic E-state index is 0.609. The zero-order valence-electron chi connectivity index (χ0n) is 9.20. The van der Waals surface area contributed by atoms with E-state index >= 15 is 0 Å². The monoisotopic (exact) mass is 232 g/mol. The molecule has 0 amide bonds. The molecule has 0 unspecified atom stereocenters. The lowest BCUT2D eigenvalue weighted by atomic mass is 10.1. The lowest BCUT2D eigenvalue weighted by molar-refractivity contribution is 0.788. The maximum atomic E-state index is 8.77. The molecule has 0 saturated carbocycles. The molecule has 1 aromatic rings. The van der Waals surface area contributed by atoms with Crippen molar-refractivity contribution in [3.63, 3.8) is 0 Å². The molecule has 1 aromatic carbocycles. The van der Waals surface area contributed by atoms with Gasteiger partial charge >= 0.3 is 0 Å². The fourth-order valence-corrected chi connectivity index (χ4v) is 2.12. The van der Waals surface area contributed by atoms with E-state index in [0.29, 0.717) is 10.6 Å². The molecule has 2 rings (SSSR count). The van der Waals surface area contributed by atoms with E-state index in [1.807, 2.05) is 12.1 Å². The second-order valence-electron chi connectivity index (χ2n) is 4.02. The first-order valence-electron chi connectivity index (χ1n) is 5.31. The second-order valence-corrected chi connectivity index (χ2v) is 4.43. The Hall–Kier alpha value is -1.46. The molecule has 1 aliphatic heterocycles. The summed E-state index contributed by atoms with van der Waals surface area (Å²) in [6.07, 6.45) is 3.30. The van der Waals surface area contributed by atoms with Gasteiger partial charge < -0.3 is 4.90 Å². The SMILES string of the molecule is CC1=CCN(c2ccc(C#N)cc2Cl)CC1. The van der Waals surface area contributed by atoms with Crippen LogP contribution < -0.4 is 4.90 Å². The first-order valence-corrected chi connectivity index (χ1v) is 5.69. The number of hydrogen-bond donors (Lipinski definition) is 0. The zero-order chi connectivity index (χ0) is 11.5. The van der Waals surface area contributed by atoms with Crippen molar-refractivity contribution in [2.75, 3.05) is 18.0 Å². The highest BCUT2D eigenvalue weighted by atomic mass is 35.5. The maximum Gasteiger partial charge on any atom is 0.0992 e. The zero-order valence-corrected chi connectivity index (χ0v) is 9.96. The number of rotatable bonds is 1. The molecular formula is C13H13ClN2. The molecule has 2 nitrogen and oxygen atoms in total. The minimum absolute atomic E-state index is 0.609. The summed E-state index contributed by atoms with van der Waals surface area (Å²) in [4.78, 5) is 2.23. The van der Waals surface area contributed by atoms with Crippen molar-refractivity contribution in [1.29, 1.82) is 5.26 Å². The van der Waals surface area contributed by atoms with Gasteiger partial charge in [0.25, 0.3) is 0 Å². The van der Waals surface area contributed by atoms with E-state index < -0.39 is 0 Å². The van der Waals surface area contributed by atoms with Crippen LogP contribution in [0.1, 0.15) is 18.9 Å². The van der Waals surface area contributed by atoms with E-state index in [2.05, 4.69) is 24.0 Å². The van der Waals surface area contributed by atoms with Crippen LogP contribution in [0.4, 0.5) is 5.69 Å². The van der Waals surface area contributed by atoms with Crippen LogP contribution in [0, 0.1) is 11.3 Å². The highest BCUT2D eigenvalue weighted by Crippen LogP contribution is 2.28. The van der Waals surface area contributed by atoms with Gasteiger partial charge in [-0.15, -0.1) is 0 Å². The minimum Gasteiger partial charge on any atom is -0.366 e. The molecule has 0 aliphatic carbocycles. The van der Waals surface area contributed by atoms with Crippen molar-refractivity contribution in [1.82, 2.24) is 0 Å². The van der Waals surface area contributed by atoms with Crippen LogP contribution in [0.15, 0.2) is 29.8 Å². The lowest BCUT2D eigenvalue weighted by Gasteiger charge is -2.28. The van der Waals surface area contributed by atoms with E-state index in [-0.39, 0.29) is 0 Å². The fraction of sp³-hybridized carbons (Fsp3) is 0.308. The van der Waals surface area contributed by atoms with Crippen LogP contribution >= 0.6 is 11.6 Å². The van der Waals surface area contributed by atoms with Crippen LogP contribution in [0.3, 0.4) is 0 Å². The molecule has 0 radical (unpaired) electrons. The lowest BCUT2D eigenvalue weighted by Crippen LogP contribution is -2.28. The fourth-order valence-electron chi connectivity index (χ4n) is 1.82. The molecule has 0 fully saturated rings. The van der Waals surface area contributed by atoms with Crippen molar-refractivity contribution in [2.24, 2.45) is 0 Å². The van der Waals surface area contributed by atoms with Gasteiger partial charge in [0.05, 0.1) is 22.3 Å². The third kappa shape index (κ3) is 2.20. The Kier molecular flexibility index (Phi) is 3.17. The van der Waals surface area contributed by atoms with Gasteiger partial charge in [-0.3, -0.25) is 0 Å². The van der Waals surface area contributed by atoms with E-state index in [1.54, 1.807) is 6.07 Å². The second kappa shape index (κ2) is 4.59. The average molecular weight is 233 g/mol. The summed E-state index contributed by atoms with van der Waals surface area (Å²) in [5.74, 6) is 0. The molecule has 0 spiro atoms. The normalized spacial score (nSPS) is 15.6. The number of halogens is 1. The van der Waals surface area contributed by atoms with Crippen molar-refractivity contribution in [3.05, 3.63) is 40.4 Å². The van der Waals surface area contributed by atoms with E-state index in [0.717, 1.165) is 25.2 Å². The van der Waals surface area contributed by atoms with Crippen LogP contribution in [0.25, 0.3) is 0 Å². The Morgan fingerprint density at radius 1 is 1.44 bits per heavy atom. The van der Waals surface area contributed by atoms with Crippen LogP contribution in [0.5, 0.6) is 0 Å². The molecule has 0 aromatic heterocycles. The first kappa shape index (κ1) is 11.0. The number of anilines is 1. The Labute approximate surface area is 101 Å². The molecule has 1 heterocycles. The summed E-state index contributed by atoms with van der Waals surface area (Å²) < 4.78 is 0. The first-order chi connectivity index (χ1) is 7.70. The van der Waals surface area contributed by atoms with Crippen LogP contribution in [-0.4, -0.2) is 13.1 Å². The quantitative estimate of drug-likeness (QED) is 0.695. The third-order valence-electron chi connectivity index (χ3n) is 2.85. The summed E-state index contributed by atoms with van der Waals surface area (Å²) in [7, 11) is 0. The van der Waals surface area contributed by atoms with Crippen molar-refractivity contribution in [3.8, 4) is 6.07 Å². The topological polar surface area (TPSA) is 27.0 Å². The van der Waals surface area contributed by atoms with Gasteiger partial charge in [-0.1, -0.05) is 23.3 Å². The summed E-state index contributed by atoms with van der Waals surface area (Å²) in [6, 6.07) is 7.55. The van der Waals surface area contributed by atoms with Gasteiger partial charge in [0, 0.05) is 13.1 Å². The van der Waals surface area contributed by atoms with Gasteiger partial charge in [0.15, 0.2) is 0 Å². The molecule has 82 valence electrons. The number of nitriles is 1. The predicted molar refractivity (Wildman–Crippen MR) is 66.8 cm³/mol. The summed E-state index contributed by atoms with van der Waals surface area (Å²) >= 11 is 6.16.